The molecule has 4 heteroatoms. The summed E-state index contributed by atoms with van der Waals surface area (Å²) in [5.41, 5.74) is 2.34. The summed E-state index contributed by atoms with van der Waals surface area (Å²) in [6.45, 7) is 6.34. The summed E-state index contributed by atoms with van der Waals surface area (Å²) >= 11 is 3.66. The second-order valence-corrected chi connectivity index (χ2v) is 7.93. The van der Waals surface area contributed by atoms with Crippen LogP contribution in [0, 0.1) is 0 Å². The summed E-state index contributed by atoms with van der Waals surface area (Å²) in [6.07, 6.45) is 4.03. The highest BCUT2D eigenvalue weighted by atomic mass is 32.2. The number of benzene rings is 1. The minimum absolute atomic E-state index is 0.0241. The van der Waals surface area contributed by atoms with Gasteiger partial charge in [0.1, 0.15) is 5.75 Å². The maximum absolute atomic E-state index is 11.1. The van der Waals surface area contributed by atoms with Crippen LogP contribution in [0.1, 0.15) is 48.7 Å². The molecule has 1 aromatic carbocycles. The number of rotatable bonds is 7. The molecular weight excluding hydrogens is 288 g/mol. The van der Waals surface area contributed by atoms with Crippen molar-refractivity contribution in [3.05, 3.63) is 28.8 Å². The van der Waals surface area contributed by atoms with Gasteiger partial charge in [-0.05, 0) is 41.2 Å². The normalized spacial score (nSPS) is 11.6. The van der Waals surface area contributed by atoms with Crippen LogP contribution in [0.3, 0.4) is 0 Å². The maximum Gasteiger partial charge on any atom is 0.153 e. The fourth-order valence-electron chi connectivity index (χ4n) is 1.84. The molecule has 112 valence electrons. The van der Waals surface area contributed by atoms with Crippen LogP contribution in [0.4, 0.5) is 0 Å². The highest BCUT2D eigenvalue weighted by Gasteiger charge is 2.18. The molecule has 0 saturated heterocycles. The zero-order chi connectivity index (χ0) is 15.2. The lowest BCUT2D eigenvalue weighted by Gasteiger charge is -2.21. The Morgan fingerprint density at radius 1 is 1.25 bits per heavy atom. The molecule has 0 atom stereocenters. The highest BCUT2D eigenvalue weighted by molar-refractivity contribution is 7.99. The summed E-state index contributed by atoms with van der Waals surface area (Å²) in [4.78, 5) is 11.1. The fraction of sp³-hybridized carbons (Fsp3) is 0.562. The number of carbonyl (C=O) groups excluding carboxylic acids is 1. The molecule has 0 saturated carbocycles. The third kappa shape index (κ3) is 5.06. The zero-order valence-corrected chi connectivity index (χ0v) is 14.4. The molecule has 0 amide bonds. The van der Waals surface area contributed by atoms with E-state index in [4.69, 9.17) is 0 Å². The van der Waals surface area contributed by atoms with E-state index in [1.165, 1.54) is 12.2 Å². The van der Waals surface area contributed by atoms with Crippen LogP contribution in [0.5, 0.6) is 5.75 Å². The van der Waals surface area contributed by atoms with Crippen molar-refractivity contribution in [3.8, 4) is 5.75 Å². The predicted octanol–water partition coefficient (Wildman–Crippen LogP) is 4.49. The van der Waals surface area contributed by atoms with Gasteiger partial charge in [-0.2, -0.15) is 23.5 Å². The van der Waals surface area contributed by atoms with Gasteiger partial charge in [0.15, 0.2) is 6.29 Å². The third-order valence-electron chi connectivity index (χ3n) is 3.11. The number of carbonyl (C=O) groups is 1. The van der Waals surface area contributed by atoms with Crippen LogP contribution in [-0.2, 0) is 11.2 Å². The molecule has 0 aliphatic rings. The van der Waals surface area contributed by atoms with E-state index in [-0.39, 0.29) is 11.2 Å². The number of thioether (sulfide) groups is 2. The molecule has 1 N–H and O–H groups in total. The molecule has 2 nitrogen and oxygen atoms in total. The molecule has 0 aromatic heterocycles. The van der Waals surface area contributed by atoms with E-state index in [0.717, 1.165) is 28.9 Å². The van der Waals surface area contributed by atoms with Crippen molar-refractivity contribution in [2.45, 2.75) is 38.4 Å². The van der Waals surface area contributed by atoms with Crippen molar-refractivity contribution in [2.75, 3.05) is 17.8 Å². The predicted molar refractivity (Wildman–Crippen MR) is 91.4 cm³/mol. The Hall–Kier alpha value is -0.610. The third-order valence-corrected chi connectivity index (χ3v) is 4.90. The Kier molecular flexibility index (Phi) is 6.96. The lowest BCUT2D eigenvalue weighted by atomic mass is 9.85. The van der Waals surface area contributed by atoms with Crippen molar-refractivity contribution in [2.24, 2.45) is 0 Å². The summed E-state index contributed by atoms with van der Waals surface area (Å²) < 4.78 is 0. The molecule has 0 spiro atoms. The van der Waals surface area contributed by atoms with E-state index in [1.807, 2.05) is 29.6 Å². The first kappa shape index (κ1) is 17.4. The van der Waals surface area contributed by atoms with Crippen molar-refractivity contribution in [1.29, 1.82) is 0 Å². The lowest BCUT2D eigenvalue weighted by Crippen LogP contribution is -2.12. The first-order valence-corrected chi connectivity index (χ1v) is 9.33. The van der Waals surface area contributed by atoms with Crippen LogP contribution in [0.25, 0.3) is 0 Å². The summed E-state index contributed by atoms with van der Waals surface area (Å²) in [5, 5.41) is 10.1. The Balaban J connectivity index is 2.86. The van der Waals surface area contributed by atoms with Crippen LogP contribution >= 0.6 is 23.5 Å². The molecule has 0 aliphatic heterocycles. The minimum atomic E-state index is -0.0241. The maximum atomic E-state index is 11.1. The van der Waals surface area contributed by atoms with Crippen LogP contribution in [0.2, 0.25) is 0 Å². The molecule has 0 aliphatic carbocycles. The number of hydrogen-bond acceptors (Lipinski definition) is 4. The van der Waals surface area contributed by atoms with Gasteiger partial charge in [0.05, 0.1) is 5.56 Å². The number of phenolic OH excluding ortho intramolecular Hbond substituents is 1. The number of hydrogen-bond donors (Lipinski definition) is 1. The van der Waals surface area contributed by atoms with Gasteiger partial charge >= 0.3 is 0 Å². The molecular formula is C16H24O2S2. The van der Waals surface area contributed by atoms with Crippen LogP contribution in [0.15, 0.2) is 12.1 Å². The highest BCUT2D eigenvalue weighted by Crippen LogP contribution is 2.32. The monoisotopic (exact) mass is 312 g/mol. The van der Waals surface area contributed by atoms with Gasteiger partial charge in [-0.25, -0.2) is 0 Å². The van der Waals surface area contributed by atoms with E-state index >= 15 is 0 Å². The lowest BCUT2D eigenvalue weighted by molar-refractivity contribution is 0.112. The summed E-state index contributed by atoms with van der Waals surface area (Å²) in [5.74, 6) is 3.15. The Morgan fingerprint density at radius 3 is 2.50 bits per heavy atom. The average Bonchev–Trinajstić information content (AvgIpc) is 2.39. The van der Waals surface area contributed by atoms with Gasteiger partial charge in [-0.15, -0.1) is 0 Å². The SMILES string of the molecule is CSCCCSCc1cc(C(C)(C)C)cc(C=O)c1O. The quantitative estimate of drug-likeness (QED) is 0.594. The van der Waals surface area contributed by atoms with Crippen molar-refractivity contribution >= 4 is 29.8 Å². The first-order valence-electron chi connectivity index (χ1n) is 6.78. The van der Waals surface area contributed by atoms with Gasteiger partial charge in [-0.1, -0.05) is 26.8 Å². The second kappa shape index (κ2) is 7.99. The van der Waals surface area contributed by atoms with Crippen molar-refractivity contribution < 1.29 is 9.90 Å². The van der Waals surface area contributed by atoms with Crippen molar-refractivity contribution in [3.63, 3.8) is 0 Å². The summed E-state index contributed by atoms with van der Waals surface area (Å²) in [7, 11) is 0. The molecule has 0 unspecified atom stereocenters. The number of aldehydes is 1. The van der Waals surface area contributed by atoms with Gasteiger partial charge in [-0.3, -0.25) is 4.79 Å². The zero-order valence-electron chi connectivity index (χ0n) is 12.7. The number of phenols is 1. The smallest absolute Gasteiger partial charge is 0.153 e. The van der Waals surface area contributed by atoms with E-state index in [0.29, 0.717) is 5.56 Å². The van der Waals surface area contributed by atoms with E-state index in [1.54, 1.807) is 6.07 Å². The molecule has 20 heavy (non-hydrogen) atoms. The fourth-order valence-corrected chi connectivity index (χ4v) is 3.39. The Bertz CT molecular complexity index is 451. The van der Waals surface area contributed by atoms with E-state index in [2.05, 4.69) is 27.0 Å². The van der Waals surface area contributed by atoms with Gasteiger partial charge in [0, 0.05) is 11.3 Å². The summed E-state index contributed by atoms with van der Waals surface area (Å²) in [6, 6.07) is 3.83. The number of aromatic hydroxyl groups is 1. The van der Waals surface area contributed by atoms with Crippen molar-refractivity contribution in [1.82, 2.24) is 0 Å². The second-order valence-electron chi connectivity index (χ2n) is 5.84. The minimum Gasteiger partial charge on any atom is -0.507 e. The van der Waals surface area contributed by atoms with Gasteiger partial charge < -0.3 is 5.11 Å². The Labute approximate surface area is 130 Å². The Morgan fingerprint density at radius 2 is 1.95 bits per heavy atom. The van der Waals surface area contributed by atoms with E-state index < -0.39 is 0 Å². The molecule has 1 aromatic rings. The van der Waals surface area contributed by atoms with E-state index in [9.17, 15) is 9.90 Å². The van der Waals surface area contributed by atoms with Crippen LogP contribution in [-0.4, -0.2) is 29.2 Å². The molecule has 0 fully saturated rings. The molecule has 1 rings (SSSR count). The standard InChI is InChI=1S/C16H24O2S2/c1-16(2,3)14-8-12(10-17)15(18)13(9-14)11-20-7-5-6-19-4/h8-10,18H,5-7,11H2,1-4H3. The molecule has 0 heterocycles. The topological polar surface area (TPSA) is 37.3 Å². The average molecular weight is 312 g/mol. The van der Waals surface area contributed by atoms with Crippen LogP contribution < -0.4 is 0 Å². The largest absolute Gasteiger partial charge is 0.507 e. The molecule has 0 radical (unpaired) electrons. The van der Waals surface area contributed by atoms with Gasteiger partial charge in [0.25, 0.3) is 0 Å². The van der Waals surface area contributed by atoms with Gasteiger partial charge in [0.2, 0.25) is 0 Å². The first-order chi connectivity index (χ1) is 9.40. The molecule has 0 bridgehead atoms.